The van der Waals surface area contributed by atoms with E-state index < -0.39 is 20.0 Å². The minimum Gasteiger partial charge on any atom is -0.456 e. The van der Waals surface area contributed by atoms with Gasteiger partial charge in [-0.15, -0.1) is 0 Å². The Hall–Kier alpha value is -4.11. The average Bonchev–Trinajstić information content (AvgIpc) is 3.35. The molecule has 0 aliphatic heterocycles. The van der Waals surface area contributed by atoms with Crippen molar-refractivity contribution in [1.82, 2.24) is 5.32 Å². The molecule has 10 heteroatoms. The summed E-state index contributed by atoms with van der Waals surface area (Å²) in [5.74, 6) is -0.611. The molecular formula is C63H104N2O7P+. The second-order valence-electron chi connectivity index (χ2n) is 19.5. The Morgan fingerprint density at radius 3 is 1.48 bits per heavy atom. The number of carbonyl (C=O) groups excluding carboxylic acids is 2. The number of carbonyl (C=O) groups is 2. The van der Waals surface area contributed by atoms with Gasteiger partial charge in [0.1, 0.15) is 19.3 Å². The molecule has 73 heavy (non-hydrogen) atoms. The first-order chi connectivity index (χ1) is 35.4. The number of nitrogens with one attached hydrogen (secondary N) is 1. The second kappa shape index (κ2) is 51.4. The van der Waals surface area contributed by atoms with Crippen molar-refractivity contribution in [3.63, 3.8) is 0 Å². The van der Waals surface area contributed by atoms with E-state index in [1.54, 1.807) is 0 Å². The van der Waals surface area contributed by atoms with E-state index >= 15 is 0 Å². The van der Waals surface area contributed by atoms with Crippen molar-refractivity contribution in [2.24, 2.45) is 0 Å². The number of rotatable bonds is 48. The zero-order valence-electron chi connectivity index (χ0n) is 46.8. The Bertz CT molecular complexity index is 1760. The van der Waals surface area contributed by atoms with Crippen LogP contribution in [0.3, 0.4) is 0 Å². The number of esters is 1. The number of quaternary nitrogens is 1. The summed E-state index contributed by atoms with van der Waals surface area (Å²) in [6.45, 7) is 6.64. The summed E-state index contributed by atoms with van der Waals surface area (Å²) in [5.41, 5.74) is 0. The van der Waals surface area contributed by atoms with Crippen LogP contribution in [0.5, 0.6) is 0 Å². The highest BCUT2D eigenvalue weighted by Gasteiger charge is 2.30. The van der Waals surface area contributed by atoms with Crippen molar-refractivity contribution in [2.75, 3.05) is 40.9 Å². The number of unbranched alkanes of at least 4 members (excludes halogenated alkanes) is 15. The van der Waals surface area contributed by atoms with Gasteiger partial charge in [-0.1, -0.05) is 225 Å². The molecule has 9 nitrogen and oxygen atoms in total. The van der Waals surface area contributed by atoms with Crippen LogP contribution in [0.2, 0.25) is 0 Å². The van der Waals surface area contributed by atoms with Crippen LogP contribution >= 0.6 is 7.82 Å². The van der Waals surface area contributed by atoms with E-state index in [1.807, 2.05) is 94.1 Å². The normalized spacial score (nSPS) is 14.9. The molecule has 0 radical (unpaired) electrons. The van der Waals surface area contributed by atoms with Crippen molar-refractivity contribution in [3.05, 3.63) is 146 Å². The molecule has 0 aliphatic rings. The van der Waals surface area contributed by atoms with Crippen LogP contribution in [0.4, 0.5) is 0 Å². The first-order valence-corrected chi connectivity index (χ1v) is 29.7. The molecule has 2 N–H and O–H groups in total. The quantitative estimate of drug-likeness (QED) is 0.0156. The molecule has 0 fully saturated rings. The maximum absolute atomic E-state index is 13.5. The Kier molecular flexibility index (Phi) is 48.5. The van der Waals surface area contributed by atoms with Crippen molar-refractivity contribution in [1.29, 1.82) is 0 Å². The Morgan fingerprint density at radius 1 is 0.507 bits per heavy atom. The summed E-state index contributed by atoms with van der Waals surface area (Å²) >= 11 is 0. The van der Waals surface area contributed by atoms with Crippen LogP contribution in [0.15, 0.2) is 146 Å². The molecule has 0 bridgehead atoms. The fourth-order valence-electron chi connectivity index (χ4n) is 7.11. The van der Waals surface area contributed by atoms with E-state index in [4.69, 9.17) is 13.8 Å². The molecule has 0 aromatic carbocycles. The fourth-order valence-corrected chi connectivity index (χ4v) is 7.85. The van der Waals surface area contributed by atoms with Gasteiger partial charge in [-0.25, -0.2) is 4.57 Å². The van der Waals surface area contributed by atoms with Gasteiger partial charge >= 0.3 is 13.8 Å². The standard InChI is InChI=1S/C63H103N2O7P/c1-7-10-13-16-19-22-25-27-29-31-32-34-36-38-41-44-47-50-53-56-63(67)72-61(54-51-48-45-42-39-24-21-18-15-12-9-3)60(59-71-73(68,69)70-58-57-65(4,5)6)64-62(66)55-52-49-46-43-40-37-35-33-30-28-26-23-20-17-14-11-8-2/h10-11,13-14,17,19-20,22-23,26-30,32-35,37-38,40-41,51,54,60-61H,7-9,12,15-16,18,21,24-25,31,36,39,42-50,52-53,55-59H2,1-6H3,(H-,64,66,68,69)/p+1/b13-10-,14-11-,20-17+,22-19-,26-23+,29-27-,30-28-,34-32-,35-33+,40-37+,41-38-,54-51+. The van der Waals surface area contributed by atoms with Gasteiger partial charge in [-0.05, 0) is 96.0 Å². The number of amides is 1. The van der Waals surface area contributed by atoms with Crippen LogP contribution < -0.4 is 5.32 Å². The molecule has 0 rings (SSSR count). The number of hydrogen-bond acceptors (Lipinski definition) is 6. The van der Waals surface area contributed by atoms with E-state index in [0.717, 1.165) is 96.3 Å². The number of ether oxygens (including phenoxy) is 1. The minimum atomic E-state index is -4.48. The van der Waals surface area contributed by atoms with E-state index in [9.17, 15) is 19.0 Å². The summed E-state index contributed by atoms with van der Waals surface area (Å²) in [5, 5.41) is 3.00. The highest BCUT2D eigenvalue weighted by molar-refractivity contribution is 7.47. The topological polar surface area (TPSA) is 111 Å². The van der Waals surface area contributed by atoms with Gasteiger partial charge in [-0.3, -0.25) is 18.6 Å². The third kappa shape index (κ3) is 52.6. The minimum absolute atomic E-state index is 0.0161. The van der Waals surface area contributed by atoms with E-state index in [1.165, 1.54) is 44.9 Å². The number of nitrogens with zero attached hydrogens (tertiary/aromatic N) is 1. The molecule has 0 saturated carbocycles. The summed E-state index contributed by atoms with van der Waals surface area (Å²) in [6.07, 6.45) is 74.2. The lowest BCUT2D eigenvalue weighted by molar-refractivity contribution is -0.870. The first-order valence-electron chi connectivity index (χ1n) is 28.2. The van der Waals surface area contributed by atoms with Crippen LogP contribution in [-0.2, 0) is 27.9 Å². The SMILES string of the molecule is CC\C=C/C=C/C=C/C=C\C=C\C=C\CCCCCC(=O)NC(COP(=O)(O)OCC[N+](C)(C)C)C(/C=C/CCCCCCCCCCC)OC(=O)CCCCC/C=C\C/C=C\C/C=C\C/C=C\C/C=C\CC. The number of likely N-dealkylation sites (N-methyl/N-ethyl adjacent to an activating group) is 1. The molecule has 3 atom stereocenters. The lowest BCUT2D eigenvalue weighted by Crippen LogP contribution is -2.47. The summed E-state index contributed by atoms with van der Waals surface area (Å²) in [4.78, 5) is 37.6. The average molecular weight is 1030 g/mol. The van der Waals surface area contributed by atoms with Gasteiger partial charge in [0.25, 0.3) is 0 Å². The predicted molar refractivity (Wildman–Crippen MR) is 313 cm³/mol. The van der Waals surface area contributed by atoms with Crippen molar-refractivity contribution >= 4 is 19.7 Å². The smallest absolute Gasteiger partial charge is 0.456 e. The van der Waals surface area contributed by atoms with Crippen molar-refractivity contribution in [2.45, 2.75) is 200 Å². The number of allylic oxidation sites excluding steroid dienone is 23. The predicted octanol–water partition coefficient (Wildman–Crippen LogP) is 17.1. The van der Waals surface area contributed by atoms with Crippen molar-refractivity contribution in [3.8, 4) is 0 Å². The molecule has 0 heterocycles. The molecule has 0 saturated heterocycles. The highest BCUT2D eigenvalue weighted by atomic mass is 31.2. The molecule has 0 aromatic rings. The molecular weight excluding hydrogens is 928 g/mol. The number of phosphoric acid groups is 1. The van der Waals surface area contributed by atoms with Gasteiger partial charge in [0.05, 0.1) is 33.8 Å². The van der Waals surface area contributed by atoms with Gasteiger partial charge in [0, 0.05) is 12.8 Å². The van der Waals surface area contributed by atoms with E-state index in [-0.39, 0.29) is 37.9 Å². The van der Waals surface area contributed by atoms with Crippen LogP contribution in [-0.4, -0.2) is 74.3 Å². The monoisotopic (exact) mass is 1030 g/mol. The largest absolute Gasteiger partial charge is 0.472 e. The molecule has 0 aromatic heterocycles. The van der Waals surface area contributed by atoms with Gasteiger partial charge in [-0.2, -0.15) is 0 Å². The second-order valence-corrected chi connectivity index (χ2v) is 20.9. The third-order valence-electron chi connectivity index (χ3n) is 11.4. The summed E-state index contributed by atoms with van der Waals surface area (Å²) in [6, 6.07) is -0.896. The Labute approximate surface area is 447 Å². The Balaban J connectivity index is 5.50. The van der Waals surface area contributed by atoms with Gasteiger partial charge in [0.15, 0.2) is 0 Å². The van der Waals surface area contributed by atoms with E-state index in [0.29, 0.717) is 23.9 Å². The molecule has 0 aliphatic carbocycles. The lowest BCUT2D eigenvalue weighted by atomic mass is 10.1. The van der Waals surface area contributed by atoms with Crippen LogP contribution in [0, 0.1) is 0 Å². The third-order valence-corrected chi connectivity index (χ3v) is 12.4. The summed E-state index contributed by atoms with van der Waals surface area (Å²) in [7, 11) is 1.42. The zero-order chi connectivity index (χ0) is 53.6. The van der Waals surface area contributed by atoms with Gasteiger partial charge < -0.3 is 19.4 Å². The van der Waals surface area contributed by atoms with Crippen LogP contribution in [0.25, 0.3) is 0 Å². The molecule has 1 amide bonds. The number of phosphoric ester groups is 1. The van der Waals surface area contributed by atoms with Gasteiger partial charge in [0.2, 0.25) is 5.91 Å². The molecule has 3 unspecified atom stereocenters. The fraction of sp³-hybridized carbons (Fsp3) is 0.587. The Morgan fingerprint density at radius 2 is 0.945 bits per heavy atom. The summed E-state index contributed by atoms with van der Waals surface area (Å²) < 4.78 is 30.5. The van der Waals surface area contributed by atoms with Crippen molar-refractivity contribution < 1.29 is 37.3 Å². The number of hydrogen-bond donors (Lipinski definition) is 2. The molecule has 0 spiro atoms. The maximum Gasteiger partial charge on any atom is 0.472 e. The lowest BCUT2D eigenvalue weighted by Gasteiger charge is -2.27. The van der Waals surface area contributed by atoms with E-state index in [2.05, 4.69) is 99.0 Å². The zero-order valence-corrected chi connectivity index (χ0v) is 47.7. The highest BCUT2D eigenvalue weighted by Crippen LogP contribution is 2.43. The first kappa shape index (κ1) is 68.9. The maximum atomic E-state index is 13.5. The van der Waals surface area contributed by atoms with Crippen LogP contribution in [0.1, 0.15) is 188 Å². The molecule has 412 valence electrons.